The van der Waals surface area contributed by atoms with Crippen molar-refractivity contribution in [2.45, 2.75) is 5.41 Å². The predicted octanol–water partition coefficient (Wildman–Crippen LogP) is 10.0. The predicted molar refractivity (Wildman–Crippen MR) is 160 cm³/mol. The Labute approximate surface area is 228 Å². The first kappa shape index (κ1) is 22.8. The third-order valence-electron chi connectivity index (χ3n) is 7.84. The van der Waals surface area contributed by atoms with Crippen LogP contribution in [0.3, 0.4) is 0 Å². The Morgan fingerprint density at radius 2 is 0.974 bits per heavy atom. The fourth-order valence-electron chi connectivity index (χ4n) is 6.18. The molecule has 0 heterocycles. The number of hydrogen-bond donors (Lipinski definition) is 0. The summed E-state index contributed by atoms with van der Waals surface area (Å²) in [6, 6.07) is 54.4. The van der Waals surface area contributed by atoms with Crippen molar-refractivity contribution in [3.8, 4) is 33.4 Å². The summed E-state index contributed by atoms with van der Waals surface area (Å²) in [4.78, 5) is 0. The highest BCUT2D eigenvalue weighted by atomic mass is 35.5. The van der Waals surface area contributed by atoms with Crippen molar-refractivity contribution in [3.63, 3.8) is 0 Å². The summed E-state index contributed by atoms with van der Waals surface area (Å²) in [7, 11) is 0. The summed E-state index contributed by atoms with van der Waals surface area (Å²) in [5, 5.41) is 0.761. The second-order valence-electron chi connectivity index (χ2n) is 9.85. The fraction of sp³-hybridized carbons (Fsp3) is 0.0270. The van der Waals surface area contributed by atoms with Crippen molar-refractivity contribution < 1.29 is 0 Å². The molecule has 180 valence electrons. The molecule has 6 aromatic rings. The van der Waals surface area contributed by atoms with Gasteiger partial charge in [0, 0.05) is 10.6 Å². The molecule has 0 aliphatic heterocycles. The quantitative estimate of drug-likeness (QED) is 0.223. The van der Waals surface area contributed by atoms with Gasteiger partial charge in [0.1, 0.15) is 0 Å². The highest BCUT2D eigenvalue weighted by Gasteiger charge is 2.46. The van der Waals surface area contributed by atoms with Crippen LogP contribution >= 0.6 is 11.6 Å². The Morgan fingerprint density at radius 3 is 1.76 bits per heavy atom. The molecule has 0 bridgehead atoms. The highest BCUT2D eigenvalue weighted by Crippen LogP contribution is 2.57. The molecule has 0 amide bonds. The van der Waals surface area contributed by atoms with E-state index < -0.39 is 5.41 Å². The monoisotopic (exact) mass is 504 g/mol. The highest BCUT2D eigenvalue weighted by molar-refractivity contribution is 6.33. The van der Waals surface area contributed by atoms with Gasteiger partial charge in [-0.3, -0.25) is 0 Å². The van der Waals surface area contributed by atoms with Crippen LogP contribution in [0.5, 0.6) is 0 Å². The standard InChI is InChI=1S/C37H25Cl/c38-36-21-10-8-18-31(36)28-14-11-17-30(24-28)37(29-15-5-2-6-16-29)34-20-9-7-19-32(34)33-23-22-27(25-35(33)37)26-12-3-1-4-13-26/h1-25H. The first-order valence-corrected chi connectivity index (χ1v) is 13.4. The van der Waals surface area contributed by atoms with E-state index in [0.29, 0.717) is 0 Å². The maximum Gasteiger partial charge on any atom is 0.0713 e. The molecule has 1 aliphatic carbocycles. The topological polar surface area (TPSA) is 0 Å². The molecular formula is C37H25Cl. The lowest BCUT2D eigenvalue weighted by Crippen LogP contribution is -2.28. The number of halogens is 1. The molecule has 0 saturated heterocycles. The van der Waals surface area contributed by atoms with Crippen molar-refractivity contribution in [1.82, 2.24) is 0 Å². The van der Waals surface area contributed by atoms with Crippen LogP contribution in [0.25, 0.3) is 33.4 Å². The molecule has 0 spiro atoms. The van der Waals surface area contributed by atoms with Gasteiger partial charge in [0.2, 0.25) is 0 Å². The van der Waals surface area contributed by atoms with E-state index in [4.69, 9.17) is 11.6 Å². The third-order valence-corrected chi connectivity index (χ3v) is 8.17. The summed E-state index contributed by atoms with van der Waals surface area (Å²) in [5.41, 5.74) is 11.8. The van der Waals surface area contributed by atoms with E-state index in [1.807, 2.05) is 18.2 Å². The minimum absolute atomic E-state index is 0.463. The Bertz CT molecular complexity index is 1770. The van der Waals surface area contributed by atoms with Gasteiger partial charge >= 0.3 is 0 Å². The first-order chi connectivity index (χ1) is 18.8. The molecule has 1 aliphatic rings. The molecule has 6 aromatic carbocycles. The first-order valence-electron chi connectivity index (χ1n) is 13.0. The molecule has 0 fully saturated rings. The summed E-state index contributed by atoms with van der Waals surface area (Å²) < 4.78 is 0. The summed E-state index contributed by atoms with van der Waals surface area (Å²) in [5.74, 6) is 0. The maximum atomic E-state index is 6.67. The van der Waals surface area contributed by atoms with Gasteiger partial charge < -0.3 is 0 Å². The maximum absolute atomic E-state index is 6.67. The zero-order valence-corrected chi connectivity index (χ0v) is 21.6. The Morgan fingerprint density at radius 1 is 0.368 bits per heavy atom. The van der Waals surface area contributed by atoms with Gasteiger partial charge in [0.25, 0.3) is 0 Å². The van der Waals surface area contributed by atoms with Gasteiger partial charge in [-0.15, -0.1) is 0 Å². The average Bonchev–Trinajstić information content (AvgIpc) is 3.29. The normalized spacial score (nSPS) is 15.6. The minimum Gasteiger partial charge on any atom is -0.0837 e. The van der Waals surface area contributed by atoms with Gasteiger partial charge in [-0.1, -0.05) is 145 Å². The lowest BCUT2D eigenvalue weighted by atomic mass is 9.67. The third kappa shape index (κ3) is 3.45. The zero-order valence-electron chi connectivity index (χ0n) is 20.8. The minimum atomic E-state index is -0.463. The SMILES string of the molecule is Clc1ccccc1-c1cccc(C2(c3ccccc3)c3ccccc3-c3ccc(-c4ccccc4)cc32)c1. The lowest BCUT2D eigenvalue weighted by Gasteiger charge is -2.34. The van der Waals surface area contributed by atoms with Crippen LogP contribution < -0.4 is 0 Å². The summed E-state index contributed by atoms with van der Waals surface area (Å²) >= 11 is 6.67. The number of benzene rings is 6. The molecule has 0 saturated carbocycles. The number of fused-ring (bicyclic) bond motifs is 3. The van der Waals surface area contributed by atoms with Crippen molar-refractivity contribution in [2.75, 3.05) is 0 Å². The van der Waals surface area contributed by atoms with E-state index in [-0.39, 0.29) is 0 Å². The molecule has 0 nitrogen and oxygen atoms in total. The molecule has 7 rings (SSSR count). The van der Waals surface area contributed by atoms with Crippen molar-refractivity contribution in [3.05, 3.63) is 179 Å². The largest absolute Gasteiger partial charge is 0.0837 e. The molecule has 1 atom stereocenters. The van der Waals surface area contributed by atoms with Gasteiger partial charge in [0.15, 0.2) is 0 Å². The van der Waals surface area contributed by atoms with Crippen LogP contribution in [-0.2, 0) is 5.41 Å². The molecule has 0 radical (unpaired) electrons. The summed E-state index contributed by atoms with van der Waals surface area (Å²) in [6.45, 7) is 0. The van der Waals surface area contributed by atoms with Crippen LogP contribution in [0.2, 0.25) is 5.02 Å². The van der Waals surface area contributed by atoms with Crippen molar-refractivity contribution in [2.24, 2.45) is 0 Å². The van der Waals surface area contributed by atoms with E-state index in [1.54, 1.807) is 0 Å². The molecule has 38 heavy (non-hydrogen) atoms. The molecule has 1 heteroatoms. The van der Waals surface area contributed by atoms with Crippen LogP contribution in [-0.4, -0.2) is 0 Å². The van der Waals surface area contributed by atoms with E-state index in [0.717, 1.165) is 16.1 Å². The van der Waals surface area contributed by atoms with Gasteiger partial charge in [-0.2, -0.15) is 0 Å². The zero-order chi connectivity index (χ0) is 25.5. The number of rotatable bonds is 4. The van der Waals surface area contributed by atoms with Crippen LogP contribution in [0.1, 0.15) is 22.3 Å². The Kier molecular flexibility index (Phi) is 5.50. The average molecular weight is 505 g/mol. The van der Waals surface area contributed by atoms with E-state index in [2.05, 4.69) is 133 Å². The van der Waals surface area contributed by atoms with Crippen LogP contribution in [0.15, 0.2) is 152 Å². The number of hydrogen-bond acceptors (Lipinski definition) is 0. The van der Waals surface area contributed by atoms with Gasteiger partial charge in [-0.05, 0) is 68.3 Å². The van der Waals surface area contributed by atoms with Gasteiger partial charge in [0.05, 0.1) is 5.41 Å². The van der Waals surface area contributed by atoms with Crippen molar-refractivity contribution in [1.29, 1.82) is 0 Å². The lowest BCUT2D eigenvalue weighted by molar-refractivity contribution is 0.769. The Balaban J connectivity index is 1.57. The molecule has 0 aromatic heterocycles. The molecule has 1 unspecified atom stereocenters. The van der Waals surface area contributed by atoms with Crippen molar-refractivity contribution >= 4 is 11.6 Å². The summed E-state index contributed by atoms with van der Waals surface area (Å²) in [6.07, 6.45) is 0. The van der Waals surface area contributed by atoms with E-state index in [1.165, 1.54) is 44.5 Å². The molecule has 0 N–H and O–H groups in total. The fourth-order valence-corrected chi connectivity index (χ4v) is 6.43. The van der Waals surface area contributed by atoms with Gasteiger partial charge in [-0.25, -0.2) is 0 Å². The second kappa shape index (κ2) is 9.17. The molecular weight excluding hydrogens is 480 g/mol. The van der Waals surface area contributed by atoms with Crippen LogP contribution in [0.4, 0.5) is 0 Å². The second-order valence-corrected chi connectivity index (χ2v) is 10.3. The van der Waals surface area contributed by atoms with E-state index >= 15 is 0 Å². The smallest absolute Gasteiger partial charge is 0.0713 e. The van der Waals surface area contributed by atoms with E-state index in [9.17, 15) is 0 Å². The Hall–Kier alpha value is -4.39. The van der Waals surface area contributed by atoms with Crippen LogP contribution in [0, 0.1) is 0 Å².